The Morgan fingerprint density at radius 2 is 1.68 bits per heavy atom. The quantitative estimate of drug-likeness (QED) is 0.335. The number of ether oxygens (including phenoxy) is 2. The van der Waals surface area contributed by atoms with Crippen LogP contribution in [0.5, 0.6) is 5.75 Å². The second-order valence-corrected chi connectivity index (χ2v) is 9.98. The number of nitrogens with one attached hydrogen (secondary N) is 1. The minimum Gasteiger partial charge on any atom is -0.482 e. The highest BCUT2D eigenvalue weighted by Crippen LogP contribution is 2.30. The molecule has 0 saturated heterocycles. The van der Waals surface area contributed by atoms with Crippen molar-refractivity contribution in [2.75, 3.05) is 18.5 Å². The van der Waals surface area contributed by atoms with Crippen molar-refractivity contribution in [1.29, 1.82) is 0 Å². The first-order chi connectivity index (χ1) is 19.4. The third kappa shape index (κ3) is 5.79. The smallest absolute Gasteiger partial charge is 0.344 e. The van der Waals surface area contributed by atoms with E-state index in [2.05, 4.69) is 10.3 Å². The first-order valence-electron chi connectivity index (χ1n) is 12.8. The van der Waals surface area contributed by atoms with Gasteiger partial charge in [-0.2, -0.15) is 0 Å². The number of nitrogens with zero attached hydrogens (tertiary/aromatic N) is 2. The summed E-state index contributed by atoms with van der Waals surface area (Å²) in [6, 6.07) is 25.1. The number of thiazole rings is 1. The van der Waals surface area contributed by atoms with Crippen molar-refractivity contribution in [3.05, 3.63) is 127 Å². The normalized spacial score (nSPS) is 14.8. The number of amides is 1. The standard InChI is InChI=1S/C31H27N3O5S/c1-3-38-26(35)19-39-24-16-14-21(15-17-24)18-25-30(37)34-28(22-10-6-4-7-11-22)27(20(2)32-31(34)40-25)29(36)33-23-12-8-5-9-13-23/h4-18,28H,3,19H2,1-2H3,(H,33,36)/b25-18-/t28-/m0/s1. The van der Waals surface area contributed by atoms with Gasteiger partial charge in [0, 0.05) is 5.69 Å². The molecule has 0 aliphatic carbocycles. The SMILES string of the molecule is CCOC(=O)COc1ccc(/C=c2\sc3n(c2=O)[C@@H](c2ccccc2)C(C(=O)Nc2ccccc2)=C(C)N=3)cc1. The van der Waals surface area contributed by atoms with E-state index in [-0.39, 0.29) is 18.1 Å². The predicted octanol–water partition coefficient (Wildman–Crippen LogP) is 3.82. The van der Waals surface area contributed by atoms with Crippen LogP contribution in [-0.2, 0) is 14.3 Å². The molecule has 1 aromatic heterocycles. The number of carbonyl (C=O) groups is 2. The Hall–Kier alpha value is -4.76. The Labute approximate surface area is 234 Å². The van der Waals surface area contributed by atoms with Crippen LogP contribution in [0.2, 0.25) is 0 Å². The highest BCUT2D eigenvalue weighted by molar-refractivity contribution is 7.07. The summed E-state index contributed by atoms with van der Waals surface area (Å²) in [4.78, 5) is 44.1. The molecule has 0 spiro atoms. The van der Waals surface area contributed by atoms with Crippen molar-refractivity contribution >= 4 is 35.0 Å². The summed E-state index contributed by atoms with van der Waals surface area (Å²) < 4.78 is 12.4. The lowest BCUT2D eigenvalue weighted by Gasteiger charge is -2.25. The zero-order valence-electron chi connectivity index (χ0n) is 22.0. The number of fused-ring (bicyclic) bond motifs is 1. The number of anilines is 1. The Balaban J connectivity index is 1.50. The van der Waals surface area contributed by atoms with Crippen LogP contribution in [-0.4, -0.2) is 29.7 Å². The molecule has 202 valence electrons. The molecule has 1 atom stereocenters. The zero-order valence-corrected chi connectivity index (χ0v) is 22.8. The molecule has 40 heavy (non-hydrogen) atoms. The molecule has 2 heterocycles. The van der Waals surface area contributed by atoms with Crippen LogP contribution in [0.4, 0.5) is 5.69 Å². The Morgan fingerprint density at radius 1 is 1.00 bits per heavy atom. The van der Waals surface area contributed by atoms with Crippen molar-refractivity contribution in [3.63, 3.8) is 0 Å². The molecule has 0 bridgehead atoms. The first kappa shape index (κ1) is 26.8. The lowest BCUT2D eigenvalue weighted by Crippen LogP contribution is -2.40. The number of allylic oxidation sites excluding steroid dienone is 1. The highest BCUT2D eigenvalue weighted by Gasteiger charge is 2.32. The molecule has 4 aromatic rings. The van der Waals surface area contributed by atoms with Crippen molar-refractivity contribution in [1.82, 2.24) is 4.57 Å². The van der Waals surface area contributed by atoms with Crippen LogP contribution in [0.1, 0.15) is 31.0 Å². The lowest BCUT2D eigenvalue weighted by molar-refractivity contribution is -0.145. The van der Waals surface area contributed by atoms with Gasteiger partial charge in [-0.3, -0.25) is 14.2 Å². The minimum absolute atomic E-state index is 0.176. The molecule has 3 aromatic carbocycles. The van der Waals surface area contributed by atoms with Crippen LogP contribution in [0, 0.1) is 0 Å². The number of esters is 1. The lowest BCUT2D eigenvalue weighted by atomic mass is 9.95. The van der Waals surface area contributed by atoms with Gasteiger partial charge < -0.3 is 14.8 Å². The van der Waals surface area contributed by atoms with Gasteiger partial charge >= 0.3 is 5.97 Å². The van der Waals surface area contributed by atoms with E-state index in [0.29, 0.717) is 38.6 Å². The van der Waals surface area contributed by atoms with Crippen LogP contribution >= 0.6 is 11.3 Å². The van der Waals surface area contributed by atoms with Gasteiger partial charge in [0.25, 0.3) is 11.5 Å². The molecule has 8 nitrogen and oxygen atoms in total. The minimum atomic E-state index is -0.637. The highest BCUT2D eigenvalue weighted by atomic mass is 32.1. The molecule has 1 N–H and O–H groups in total. The number of hydrogen-bond donors (Lipinski definition) is 1. The van der Waals surface area contributed by atoms with Crippen LogP contribution in [0.25, 0.3) is 6.08 Å². The monoisotopic (exact) mass is 553 g/mol. The summed E-state index contributed by atoms with van der Waals surface area (Å²) in [5.41, 5.74) is 2.98. The second-order valence-electron chi connectivity index (χ2n) is 8.98. The summed E-state index contributed by atoms with van der Waals surface area (Å²) in [6.45, 7) is 3.65. The van der Waals surface area contributed by atoms with E-state index in [4.69, 9.17) is 9.47 Å². The molecular formula is C31H27N3O5S. The summed E-state index contributed by atoms with van der Waals surface area (Å²) >= 11 is 1.27. The maximum absolute atomic E-state index is 13.8. The second kappa shape index (κ2) is 12.0. The molecule has 0 radical (unpaired) electrons. The summed E-state index contributed by atoms with van der Waals surface area (Å²) in [7, 11) is 0. The molecule has 0 saturated carbocycles. The van der Waals surface area contributed by atoms with E-state index in [1.807, 2.05) is 60.7 Å². The Morgan fingerprint density at radius 3 is 2.35 bits per heavy atom. The van der Waals surface area contributed by atoms with E-state index in [1.54, 1.807) is 48.8 Å². The van der Waals surface area contributed by atoms with Gasteiger partial charge in [0.15, 0.2) is 11.4 Å². The predicted molar refractivity (Wildman–Crippen MR) is 154 cm³/mol. The van der Waals surface area contributed by atoms with Crippen molar-refractivity contribution in [3.8, 4) is 5.75 Å². The van der Waals surface area contributed by atoms with E-state index in [0.717, 1.165) is 11.1 Å². The van der Waals surface area contributed by atoms with Crippen LogP contribution in [0.3, 0.4) is 0 Å². The number of hydrogen-bond acceptors (Lipinski definition) is 7. The fourth-order valence-corrected chi connectivity index (χ4v) is 5.49. The van der Waals surface area contributed by atoms with E-state index < -0.39 is 12.0 Å². The molecule has 5 rings (SSSR count). The molecule has 1 aliphatic heterocycles. The van der Waals surface area contributed by atoms with E-state index in [1.165, 1.54) is 11.3 Å². The molecular weight excluding hydrogens is 526 g/mol. The van der Waals surface area contributed by atoms with Gasteiger partial charge in [0.05, 0.1) is 28.5 Å². The molecule has 0 unspecified atom stereocenters. The third-order valence-electron chi connectivity index (χ3n) is 6.25. The maximum atomic E-state index is 13.8. The maximum Gasteiger partial charge on any atom is 0.344 e. The van der Waals surface area contributed by atoms with Gasteiger partial charge in [0.2, 0.25) is 0 Å². The molecule has 1 amide bonds. The van der Waals surface area contributed by atoms with Gasteiger partial charge in [-0.1, -0.05) is 72.0 Å². The van der Waals surface area contributed by atoms with Crippen molar-refractivity contribution in [2.24, 2.45) is 4.99 Å². The molecule has 0 fully saturated rings. The van der Waals surface area contributed by atoms with Gasteiger partial charge in [0.1, 0.15) is 5.75 Å². The van der Waals surface area contributed by atoms with Crippen LogP contribution in [0.15, 0.2) is 106 Å². The topological polar surface area (TPSA) is 99.0 Å². The average Bonchev–Trinajstić information content (AvgIpc) is 3.27. The summed E-state index contributed by atoms with van der Waals surface area (Å²) in [6.07, 6.45) is 1.78. The largest absolute Gasteiger partial charge is 0.482 e. The van der Waals surface area contributed by atoms with Gasteiger partial charge in [-0.15, -0.1) is 0 Å². The number of carbonyl (C=O) groups excluding carboxylic acids is 2. The fourth-order valence-electron chi connectivity index (χ4n) is 4.44. The first-order valence-corrected chi connectivity index (χ1v) is 13.6. The van der Waals surface area contributed by atoms with Crippen molar-refractivity contribution in [2.45, 2.75) is 19.9 Å². The summed E-state index contributed by atoms with van der Waals surface area (Å²) in [5.74, 6) is -0.234. The Bertz CT molecular complexity index is 1740. The molecule has 1 aliphatic rings. The van der Waals surface area contributed by atoms with E-state index >= 15 is 0 Å². The Kier molecular flexibility index (Phi) is 8.02. The fraction of sp³-hybridized carbons (Fsp3) is 0.161. The van der Waals surface area contributed by atoms with Crippen molar-refractivity contribution < 1.29 is 19.1 Å². The third-order valence-corrected chi connectivity index (χ3v) is 7.24. The van der Waals surface area contributed by atoms with Gasteiger partial charge in [-0.05, 0) is 55.3 Å². The van der Waals surface area contributed by atoms with Crippen LogP contribution < -0.4 is 24.9 Å². The summed E-state index contributed by atoms with van der Waals surface area (Å²) in [5, 5.41) is 2.95. The van der Waals surface area contributed by atoms with E-state index in [9.17, 15) is 14.4 Å². The number of rotatable bonds is 8. The average molecular weight is 554 g/mol. The number of para-hydroxylation sites is 1. The number of aromatic nitrogens is 1. The zero-order chi connectivity index (χ0) is 28.1. The van der Waals surface area contributed by atoms with Gasteiger partial charge in [-0.25, -0.2) is 9.79 Å². The number of benzene rings is 3. The molecule has 9 heteroatoms.